The summed E-state index contributed by atoms with van der Waals surface area (Å²) in [5, 5.41) is 4.49. The van der Waals surface area contributed by atoms with Gasteiger partial charge in [-0.25, -0.2) is 0 Å². The van der Waals surface area contributed by atoms with Crippen LogP contribution in [-0.2, 0) is 0 Å². The van der Waals surface area contributed by atoms with Crippen LogP contribution in [0.3, 0.4) is 0 Å². The molecule has 2 heterocycles. The molecule has 1 aliphatic rings. The van der Waals surface area contributed by atoms with Gasteiger partial charge in [0.15, 0.2) is 0 Å². The summed E-state index contributed by atoms with van der Waals surface area (Å²) in [6.07, 6.45) is 5.10. The SMILES string of the molecule is C1=C(c2ccc3ccoc3c2)CCNC1. The summed E-state index contributed by atoms with van der Waals surface area (Å²) < 4.78 is 5.41. The Morgan fingerprint density at radius 1 is 1.20 bits per heavy atom. The largest absolute Gasteiger partial charge is 0.464 e. The highest BCUT2D eigenvalue weighted by Crippen LogP contribution is 2.24. The lowest BCUT2D eigenvalue weighted by atomic mass is 10.00. The monoisotopic (exact) mass is 199 g/mol. The van der Waals surface area contributed by atoms with Crippen LogP contribution < -0.4 is 5.32 Å². The molecule has 0 saturated heterocycles. The van der Waals surface area contributed by atoms with Gasteiger partial charge in [0.05, 0.1) is 6.26 Å². The normalized spacial score (nSPS) is 16.7. The van der Waals surface area contributed by atoms with Crippen molar-refractivity contribution in [2.75, 3.05) is 13.1 Å². The molecule has 0 fully saturated rings. The van der Waals surface area contributed by atoms with Gasteiger partial charge in [0.1, 0.15) is 5.58 Å². The Hall–Kier alpha value is -1.54. The third-order valence-electron chi connectivity index (χ3n) is 2.89. The van der Waals surface area contributed by atoms with E-state index in [2.05, 4.69) is 29.6 Å². The maximum Gasteiger partial charge on any atom is 0.134 e. The predicted octanol–water partition coefficient (Wildman–Crippen LogP) is 2.81. The lowest BCUT2D eigenvalue weighted by molar-refractivity contribution is 0.615. The van der Waals surface area contributed by atoms with Gasteiger partial charge < -0.3 is 9.73 Å². The number of hydrogen-bond donors (Lipinski definition) is 1. The molecule has 1 N–H and O–H groups in total. The molecule has 0 bridgehead atoms. The van der Waals surface area contributed by atoms with E-state index in [1.807, 2.05) is 6.07 Å². The van der Waals surface area contributed by atoms with Crippen molar-refractivity contribution in [3.8, 4) is 0 Å². The Kier molecular flexibility index (Phi) is 2.07. The van der Waals surface area contributed by atoms with Gasteiger partial charge in [-0.1, -0.05) is 18.2 Å². The molecule has 0 atom stereocenters. The van der Waals surface area contributed by atoms with Crippen LogP contribution >= 0.6 is 0 Å². The van der Waals surface area contributed by atoms with Gasteiger partial charge in [-0.15, -0.1) is 0 Å². The van der Waals surface area contributed by atoms with Gasteiger partial charge in [0, 0.05) is 11.9 Å². The first-order valence-electron chi connectivity index (χ1n) is 5.31. The molecule has 0 aliphatic carbocycles. The van der Waals surface area contributed by atoms with Gasteiger partial charge >= 0.3 is 0 Å². The number of benzene rings is 1. The van der Waals surface area contributed by atoms with Crippen LogP contribution in [-0.4, -0.2) is 13.1 Å². The van der Waals surface area contributed by atoms with Gasteiger partial charge in [-0.3, -0.25) is 0 Å². The van der Waals surface area contributed by atoms with Crippen molar-refractivity contribution >= 4 is 16.5 Å². The molecule has 0 saturated carbocycles. The van der Waals surface area contributed by atoms with Gasteiger partial charge in [0.2, 0.25) is 0 Å². The van der Waals surface area contributed by atoms with Crippen molar-refractivity contribution in [1.82, 2.24) is 5.32 Å². The first kappa shape index (κ1) is 8.74. The van der Waals surface area contributed by atoms with E-state index in [0.29, 0.717) is 0 Å². The highest BCUT2D eigenvalue weighted by atomic mass is 16.3. The number of rotatable bonds is 1. The molecule has 0 amide bonds. The van der Waals surface area contributed by atoms with Crippen molar-refractivity contribution < 1.29 is 4.42 Å². The van der Waals surface area contributed by atoms with Crippen molar-refractivity contribution in [1.29, 1.82) is 0 Å². The van der Waals surface area contributed by atoms with Crippen LogP contribution in [0.15, 0.2) is 41.0 Å². The predicted molar refractivity (Wildman–Crippen MR) is 61.7 cm³/mol. The molecule has 0 unspecified atom stereocenters. The van der Waals surface area contributed by atoms with E-state index in [1.54, 1.807) is 6.26 Å². The zero-order valence-electron chi connectivity index (χ0n) is 8.49. The van der Waals surface area contributed by atoms with E-state index >= 15 is 0 Å². The molecule has 2 heteroatoms. The lowest BCUT2D eigenvalue weighted by Crippen LogP contribution is -2.19. The Morgan fingerprint density at radius 2 is 2.20 bits per heavy atom. The molecule has 3 rings (SSSR count). The summed E-state index contributed by atoms with van der Waals surface area (Å²) in [6.45, 7) is 2.05. The third-order valence-corrected chi connectivity index (χ3v) is 2.89. The van der Waals surface area contributed by atoms with Gasteiger partial charge in [-0.2, -0.15) is 0 Å². The minimum absolute atomic E-state index is 0.978. The van der Waals surface area contributed by atoms with Crippen molar-refractivity contribution in [3.63, 3.8) is 0 Å². The molecule has 2 nitrogen and oxygen atoms in total. The molecule has 1 aromatic carbocycles. The minimum atomic E-state index is 0.978. The first-order chi connectivity index (χ1) is 7.43. The van der Waals surface area contributed by atoms with E-state index in [1.165, 1.54) is 16.5 Å². The summed E-state index contributed by atoms with van der Waals surface area (Å²) >= 11 is 0. The van der Waals surface area contributed by atoms with Crippen LogP contribution in [0.25, 0.3) is 16.5 Å². The highest BCUT2D eigenvalue weighted by Gasteiger charge is 2.06. The van der Waals surface area contributed by atoms with Gasteiger partial charge in [-0.05, 0) is 36.2 Å². The van der Waals surface area contributed by atoms with E-state index in [4.69, 9.17) is 4.42 Å². The summed E-state index contributed by atoms with van der Waals surface area (Å²) in [7, 11) is 0. The number of hydrogen-bond acceptors (Lipinski definition) is 2. The topological polar surface area (TPSA) is 25.2 Å². The van der Waals surface area contributed by atoms with E-state index in [-0.39, 0.29) is 0 Å². The van der Waals surface area contributed by atoms with Crippen LogP contribution in [0.4, 0.5) is 0 Å². The average molecular weight is 199 g/mol. The second-order valence-corrected chi connectivity index (χ2v) is 3.86. The molecular formula is C13H13NO. The Bertz CT molecular complexity index is 510. The minimum Gasteiger partial charge on any atom is -0.464 e. The fraction of sp³-hybridized carbons (Fsp3) is 0.231. The fourth-order valence-corrected chi connectivity index (χ4v) is 2.04. The number of nitrogens with one attached hydrogen (secondary N) is 1. The Labute approximate surface area is 88.6 Å². The second kappa shape index (κ2) is 3.55. The maximum absolute atomic E-state index is 5.41. The summed E-state index contributed by atoms with van der Waals surface area (Å²) in [5.74, 6) is 0. The first-order valence-corrected chi connectivity index (χ1v) is 5.31. The van der Waals surface area contributed by atoms with Crippen LogP contribution in [0, 0.1) is 0 Å². The summed E-state index contributed by atoms with van der Waals surface area (Å²) in [5.41, 5.74) is 3.69. The Balaban J connectivity index is 2.06. The maximum atomic E-state index is 5.41. The van der Waals surface area contributed by atoms with Crippen LogP contribution in [0.5, 0.6) is 0 Å². The second-order valence-electron chi connectivity index (χ2n) is 3.86. The average Bonchev–Trinajstić information content (AvgIpc) is 2.77. The molecule has 0 radical (unpaired) electrons. The van der Waals surface area contributed by atoms with Crippen molar-refractivity contribution in [2.24, 2.45) is 0 Å². The van der Waals surface area contributed by atoms with E-state index in [0.717, 1.165) is 25.1 Å². The van der Waals surface area contributed by atoms with Crippen molar-refractivity contribution in [3.05, 3.63) is 42.2 Å². The molecule has 0 spiro atoms. The molecule has 15 heavy (non-hydrogen) atoms. The van der Waals surface area contributed by atoms with Crippen LogP contribution in [0.1, 0.15) is 12.0 Å². The highest BCUT2D eigenvalue weighted by molar-refractivity contribution is 5.82. The number of furan rings is 1. The summed E-state index contributed by atoms with van der Waals surface area (Å²) in [4.78, 5) is 0. The molecule has 76 valence electrons. The molecular weight excluding hydrogens is 186 g/mol. The standard InChI is InChI=1S/C13H13NO/c1-2-12(10-3-6-14-7-4-10)9-13-11(1)5-8-15-13/h1-3,5,8-9,14H,4,6-7H2. The van der Waals surface area contributed by atoms with Crippen molar-refractivity contribution in [2.45, 2.75) is 6.42 Å². The summed E-state index contributed by atoms with van der Waals surface area (Å²) in [6, 6.07) is 8.43. The Morgan fingerprint density at radius 3 is 3.07 bits per heavy atom. The molecule has 1 aromatic heterocycles. The van der Waals surface area contributed by atoms with E-state index < -0.39 is 0 Å². The lowest BCUT2D eigenvalue weighted by Gasteiger charge is -2.13. The molecule has 1 aliphatic heterocycles. The van der Waals surface area contributed by atoms with Gasteiger partial charge in [0.25, 0.3) is 0 Å². The zero-order chi connectivity index (χ0) is 10.1. The fourth-order valence-electron chi connectivity index (χ4n) is 2.04. The number of fused-ring (bicyclic) bond motifs is 1. The van der Waals surface area contributed by atoms with Crippen LogP contribution in [0.2, 0.25) is 0 Å². The zero-order valence-corrected chi connectivity index (χ0v) is 8.49. The smallest absolute Gasteiger partial charge is 0.134 e. The van der Waals surface area contributed by atoms with E-state index in [9.17, 15) is 0 Å². The molecule has 2 aromatic rings. The quantitative estimate of drug-likeness (QED) is 0.764. The third kappa shape index (κ3) is 1.57.